The number of rotatable bonds is 3. The van der Waals surface area contributed by atoms with Crippen LogP contribution in [0.15, 0.2) is 59.8 Å². The highest BCUT2D eigenvalue weighted by molar-refractivity contribution is 5.70. The molecule has 16 heavy (non-hydrogen) atoms. The van der Waals surface area contributed by atoms with Gasteiger partial charge in [0.25, 0.3) is 0 Å². The highest BCUT2D eigenvalue weighted by atomic mass is 16.3. The Bertz CT molecular complexity index is 486. The number of benzene rings is 2. The molecule has 0 N–H and O–H groups in total. The van der Waals surface area contributed by atoms with Crippen molar-refractivity contribution in [3.05, 3.63) is 70.6 Å². The van der Waals surface area contributed by atoms with Crippen molar-refractivity contribution < 1.29 is 0 Å². The van der Waals surface area contributed by atoms with Gasteiger partial charge in [-0.15, -0.1) is 4.91 Å². The van der Waals surface area contributed by atoms with Crippen molar-refractivity contribution >= 4 is 17.8 Å². The van der Waals surface area contributed by atoms with Crippen LogP contribution in [-0.2, 0) is 0 Å². The molecular formula is C14H11NO. The fourth-order valence-electron chi connectivity index (χ4n) is 1.40. The maximum Gasteiger partial charge on any atom is 0.108 e. The van der Waals surface area contributed by atoms with Crippen LogP contribution < -0.4 is 0 Å². The fourth-order valence-corrected chi connectivity index (χ4v) is 1.40. The Morgan fingerprint density at radius 2 is 1.31 bits per heavy atom. The van der Waals surface area contributed by atoms with Crippen molar-refractivity contribution in [2.45, 2.75) is 0 Å². The largest absolute Gasteiger partial charge is 0.145 e. The van der Waals surface area contributed by atoms with Gasteiger partial charge in [-0.3, -0.25) is 0 Å². The lowest BCUT2D eigenvalue weighted by molar-refractivity contribution is 1.49. The van der Waals surface area contributed by atoms with E-state index in [4.69, 9.17) is 0 Å². The lowest BCUT2D eigenvalue weighted by atomic mass is 10.1. The zero-order chi connectivity index (χ0) is 11.2. The molecule has 0 aliphatic rings. The predicted molar refractivity (Wildman–Crippen MR) is 67.3 cm³/mol. The molecular weight excluding hydrogens is 198 g/mol. The molecule has 0 amide bonds. The molecule has 0 radical (unpaired) electrons. The molecule has 78 valence electrons. The van der Waals surface area contributed by atoms with Gasteiger partial charge in [-0.05, 0) is 28.4 Å². The summed E-state index contributed by atoms with van der Waals surface area (Å²) >= 11 is 0. The smallest absolute Gasteiger partial charge is 0.108 e. The van der Waals surface area contributed by atoms with Crippen LogP contribution in [0.4, 0.5) is 5.69 Å². The normalized spacial score (nSPS) is 10.5. The Hall–Kier alpha value is -2.22. The Morgan fingerprint density at radius 3 is 1.88 bits per heavy atom. The van der Waals surface area contributed by atoms with E-state index in [1.807, 2.05) is 54.6 Å². The molecule has 0 aliphatic heterocycles. The first kappa shape index (κ1) is 10.3. The molecule has 2 rings (SSSR count). The topological polar surface area (TPSA) is 29.4 Å². The van der Waals surface area contributed by atoms with Gasteiger partial charge in [-0.2, -0.15) is 0 Å². The van der Waals surface area contributed by atoms with Crippen molar-refractivity contribution in [3.8, 4) is 0 Å². The molecule has 0 bridgehead atoms. The van der Waals surface area contributed by atoms with Gasteiger partial charge in [0, 0.05) is 0 Å². The van der Waals surface area contributed by atoms with Crippen LogP contribution in [-0.4, -0.2) is 0 Å². The quantitative estimate of drug-likeness (QED) is 0.548. The van der Waals surface area contributed by atoms with Crippen molar-refractivity contribution in [3.63, 3.8) is 0 Å². The minimum absolute atomic E-state index is 0.455. The summed E-state index contributed by atoms with van der Waals surface area (Å²) in [7, 11) is 0. The third kappa shape index (κ3) is 2.64. The summed E-state index contributed by atoms with van der Waals surface area (Å²) in [5.41, 5.74) is 2.66. The summed E-state index contributed by atoms with van der Waals surface area (Å²) in [6, 6.07) is 17.2. The van der Waals surface area contributed by atoms with E-state index in [1.54, 1.807) is 12.1 Å². The van der Waals surface area contributed by atoms with Gasteiger partial charge in [-0.1, -0.05) is 54.6 Å². The second kappa shape index (κ2) is 5.03. The van der Waals surface area contributed by atoms with E-state index < -0.39 is 0 Å². The Kier molecular flexibility index (Phi) is 3.24. The minimum Gasteiger partial charge on any atom is -0.145 e. The first-order valence-electron chi connectivity index (χ1n) is 5.05. The van der Waals surface area contributed by atoms with E-state index in [9.17, 15) is 4.91 Å². The summed E-state index contributed by atoms with van der Waals surface area (Å²) in [6.07, 6.45) is 4.03. The van der Waals surface area contributed by atoms with E-state index in [0.717, 1.165) is 11.1 Å². The first-order valence-corrected chi connectivity index (χ1v) is 5.05. The predicted octanol–water partition coefficient (Wildman–Crippen LogP) is 4.25. The molecule has 2 nitrogen and oxygen atoms in total. The third-order valence-corrected chi connectivity index (χ3v) is 2.27. The average Bonchev–Trinajstić information content (AvgIpc) is 2.38. The van der Waals surface area contributed by atoms with Crippen LogP contribution in [0.2, 0.25) is 0 Å². The molecule has 0 saturated carbocycles. The number of nitrogens with zero attached hydrogens (tertiary/aromatic N) is 1. The fraction of sp³-hybridized carbons (Fsp3) is 0. The molecule has 0 spiro atoms. The van der Waals surface area contributed by atoms with Crippen molar-refractivity contribution in [2.75, 3.05) is 0 Å². The van der Waals surface area contributed by atoms with Gasteiger partial charge in [0.15, 0.2) is 0 Å². The maximum atomic E-state index is 10.2. The molecule has 0 fully saturated rings. The van der Waals surface area contributed by atoms with Crippen LogP contribution in [0.5, 0.6) is 0 Å². The van der Waals surface area contributed by atoms with E-state index in [0.29, 0.717) is 5.69 Å². The van der Waals surface area contributed by atoms with E-state index >= 15 is 0 Å². The van der Waals surface area contributed by atoms with E-state index in [-0.39, 0.29) is 0 Å². The zero-order valence-corrected chi connectivity index (χ0v) is 8.71. The van der Waals surface area contributed by atoms with Crippen LogP contribution in [0.25, 0.3) is 12.2 Å². The number of hydrogen-bond donors (Lipinski definition) is 0. The molecule has 2 aromatic carbocycles. The first-order chi connectivity index (χ1) is 7.88. The highest BCUT2D eigenvalue weighted by Gasteiger charge is 1.90. The highest BCUT2D eigenvalue weighted by Crippen LogP contribution is 2.14. The Balaban J connectivity index is 2.14. The summed E-state index contributed by atoms with van der Waals surface area (Å²) in [4.78, 5) is 10.2. The van der Waals surface area contributed by atoms with Gasteiger partial charge in [0.05, 0.1) is 0 Å². The van der Waals surface area contributed by atoms with E-state index in [1.165, 1.54) is 0 Å². The second-order valence-corrected chi connectivity index (χ2v) is 3.43. The van der Waals surface area contributed by atoms with Gasteiger partial charge >= 0.3 is 0 Å². The molecule has 0 atom stereocenters. The third-order valence-electron chi connectivity index (χ3n) is 2.27. The summed E-state index contributed by atoms with van der Waals surface area (Å²) in [5.74, 6) is 0. The van der Waals surface area contributed by atoms with Gasteiger partial charge in [0.2, 0.25) is 0 Å². The number of hydrogen-bond acceptors (Lipinski definition) is 2. The van der Waals surface area contributed by atoms with Crippen molar-refractivity contribution in [1.29, 1.82) is 0 Å². The van der Waals surface area contributed by atoms with Gasteiger partial charge in [-0.25, -0.2) is 0 Å². The Labute approximate surface area is 94.2 Å². The molecule has 0 aliphatic carbocycles. The molecule has 0 aromatic heterocycles. The summed E-state index contributed by atoms with van der Waals surface area (Å²) in [5, 5.41) is 2.86. The average molecular weight is 209 g/mol. The zero-order valence-electron chi connectivity index (χ0n) is 8.71. The van der Waals surface area contributed by atoms with E-state index in [2.05, 4.69) is 5.18 Å². The lowest BCUT2D eigenvalue weighted by Crippen LogP contribution is -1.71. The maximum absolute atomic E-state index is 10.2. The Morgan fingerprint density at radius 1 is 0.750 bits per heavy atom. The van der Waals surface area contributed by atoms with Crippen molar-refractivity contribution in [2.24, 2.45) is 5.18 Å². The second-order valence-electron chi connectivity index (χ2n) is 3.43. The molecule has 0 heterocycles. The van der Waals surface area contributed by atoms with Gasteiger partial charge in [0.1, 0.15) is 5.69 Å². The minimum atomic E-state index is 0.455. The van der Waals surface area contributed by atoms with Gasteiger partial charge < -0.3 is 0 Å². The summed E-state index contributed by atoms with van der Waals surface area (Å²) < 4.78 is 0. The van der Waals surface area contributed by atoms with Crippen LogP contribution >= 0.6 is 0 Å². The molecule has 0 unspecified atom stereocenters. The molecule has 2 heteroatoms. The van der Waals surface area contributed by atoms with Crippen molar-refractivity contribution in [1.82, 2.24) is 0 Å². The molecule has 0 saturated heterocycles. The SMILES string of the molecule is O=Nc1ccc(C=Cc2ccccc2)cc1. The standard InChI is InChI=1S/C14H11NO/c16-15-14-10-8-13(9-11-14)7-6-12-4-2-1-3-5-12/h1-11H. The number of nitroso groups, excluding NO2 is 1. The van der Waals surface area contributed by atoms with Crippen LogP contribution in [0.3, 0.4) is 0 Å². The molecule has 2 aromatic rings. The monoisotopic (exact) mass is 209 g/mol. The summed E-state index contributed by atoms with van der Waals surface area (Å²) in [6.45, 7) is 0. The lowest BCUT2D eigenvalue weighted by Gasteiger charge is -1.94. The van der Waals surface area contributed by atoms with Crippen LogP contribution in [0.1, 0.15) is 11.1 Å². The van der Waals surface area contributed by atoms with Crippen LogP contribution in [0, 0.1) is 4.91 Å².